The van der Waals surface area contributed by atoms with E-state index in [1.807, 2.05) is 38.4 Å². The average molecular weight is 1450 g/mol. The molecule has 2 atom stereocenters. The summed E-state index contributed by atoms with van der Waals surface area (Å²) in [6, 6.07) is 37.0. The lowest BCUT2D eigenvalue weighted by molar-refractivity contribution is 0.0411. The van der Waals surface area contributed by atoms with Gasteiger partial charge in [0.2, 0.25) is 7.65 Å². The third-order valence-electron chi connectivity index (χ3n) is 15.4. The topological polar surface area (TPSA) is 387 Å². The molecule has 6 N–H and O–H groups in total. The van der Waals surface area contributed by atoms with E-state index < -0.39 is 99.7 Å². The molecule has 31 heteroatoms. The largest absolute Gasteiger partial charge is 0.449 e. The van der Waals surface area contributed by atoms with Crippen LogP contribution in [-0.2, 0) is 18.3 Å². The van der Waals surface area contributed by atoms with Crippen molar-refractivity contribution in [3.8, 4) is 12.1 Å². The molecule has 5 heterocycles. The summed E-state index contributed by atoms with van der Waals surface area (Å²) >= 11 is 6.13. The fraction of sp³-hybridized carbons (Fsp3) is 0.386. The quantitative estimate of drug-likeness (QED) is 0.0242. The van der Waals surface area contributed by atoms with Crippen LogP contribution in [0.4, 0.5) is 4.79 Å². The van der Waals surface area contributed by atoms with E-state index in [1.165, 1.54) is 12.1 Å². The molecule has 536 valence electrons. The summed E-state index contributed by atoms with van der Waals surface area (Å²) in [5, 5.41) is 36.1. The van der Waals surface area contributed by atoms with Crippen LogP contribution in [0.1, 0.15) is 179 Å². The Morgan fingerprint density at radius 1 is 0.455 bits per heavy atom. The zero-order valence-corrected chi connectivity index (χ0v) is 59.9. The van der Waals surface area contributed by atoms with Crippen LogP contribution in [0.5, 0.6) is 0 Å². The van der Waals surface area contributed by atoms with E-state index in [0.29, 0.717) is 52.3 Å². The molecule has 0 saturated heterocycles. The lowest BCUT2D eigenvalue weighted by Gasteiger charge is -2.38. The highest BCUT2D eigenvalue weighted by atomic mass is 35.7. The Labute approximate surface area is 592 Å². The molecule has 0 radical (unpaired) electrons. The second-order valence-corrected chi connectivity index (χ2v) is 27.3. The van der Waals surface area contributed by atoms with E-state index >= 15 is 0 Å². The average Bonchev–Trinajstić information content (AvgIpc) is 1.66. The molecule has 0 spiro atoms. The summed E-state index contributed by atoms with van der Waals surface area (Å²) in [5.74, 6) is -5.09. The van der Waals surface area contributed by atoms with Gasteiger partial charge in [-0.05, 0) is 134 Å². The Balaban J connectivity index is 0.000000222. The molecule has 10 rings (SSSR count). The first-order chi connectivity index (χ1) is 48.1. The molecular formula is C70H82ClN11O17P2. The van der Waals surface area contributed by atoms with Gasteiger partial charge < -0.3 is 40.0 Å². The maximum Gasteiger partial charge on any atom is 0.424 e. The second-order valence-electron chi connectivity index (χ2n) is 23.8. The van der Waals surface area contributed by atoms with Crippen LogP contribution in [0, 0.1) is 22.7 Å². The zero-order valence-electron chi connectivity index (χ0n) is 57.3. The number of fused-ring (bicyclic) bond motifs is 5. The Kier molecular flexibility index (Phi) is 30.6. The number of carbonyl (C=O) groups is 11. The number of nitriles is 2. The maximum atomic E-state index is 13.2. The molecule has 5 aromatic rings. The number of hydrogen-bond acceptors (Lipinski definition) is 23. The molecule has 0 aromatic heterocycles. The van der Waals surface area contributed by atoms with E-state index in [4.69, 9.17) is 51.9 Å². The van der Waals surface area contributed by atoms with Gasteiger partial charge in [0, 0.05) is 37.3 Å². The van der Waals surface area contributed by atoms with E-state index in [2.05, 4.69) is 43.2 Å². The number of imide groups is 7. The number of aliphatic hydroxyl groups is 2. The summed E-state index contributed by atoms with van der Waals surface area (Å²) in [4.78, 5) is 141. The fourth-order valence-electron chi connectivity index (χ4n) is 10.9. The Hall–Kier alpha value is -8.96. The fourth-order valence-corrected chi connectivity index (χ4v) is 14.9. The number of halogens is 1. The van der Waals surface area contributed by atoms with Crippen LogP contribution in [-0.4, -0.2) is 211 Å². The summed E-state index contributed by atoms with van der Waals surface area (Å²) in [6.45, 7) is 18.1. The lowest BCUT2D eigenvalue weighted by Crippen LogP contribution is -2.46. The van der Waals surface area contributed by atoms with Gasteiger partial charge >= 0.3 is 6.09 Å². The summed E-state index contributed by atoms with van der Waals surface area (Å²) in [7, 11) is -2.87. The maximum absolute atomic E-state index is 13.2. The third kappa shape index (κ3) is 19.8. The standard InChI is InChI=1S/C28H31N4O6P.C19H14N2O5.C11H9NO4.C9H18ClN2OP.C3H10N2O/c1-18(2)32(19(3)4)39(37-15-9-14-29)38-20(16-30-25(33)21-10-5-6-11-22(21)26(30)34)17-31-27(35)23-12-7-8-13-24(23)28(31)36;22-11(9-20-16(23)12-5-1-2-6-13(12)17(20)24)10-21-18(25)14-7-3-4-8-15(14)19(21)26;1-2-16-11(15)12-9(13)7-5-3-4-6-8(7)10(12)14;1-8(2)12(9(3)4)14(10)13-7-5-6-11;4-1-3(6)2-5/h5-8,10-13,18-20H,9,15-17H2,1-4H3;1-8,11,22H,9-10H2;3-6H,2H2,1H3;8-9H,5,7H2,1-4H3;3,6H,1-2,4-5H2. The molecule has 28 nitrogen and oxygen atoms in total. The van der Waals surface area contributed by atoms with Gasteiger partial charge in [-0.15, -0.1) is 0 Å². The predicted molar refractivity (Wildman–Crippen MR) is 372 cm³/mol. The molecule has 5 aromatic carbocycles. The first-order valence-corrected chi connectivity index (χ1v) is 35.6. The van der Waals surface area contributed by atoms with Gasteiger partial charge in [-0.25, -0.2) is 14.1 Å². The number of β-amino-alcohol motifs (C(OH)–C–C–N with tert-alkyl or cyclic N) is 1. The van der Waals surface area contributed by atoms with Crippen LogP contribution >= 0.6 is 27.4 Å². The summed E-state index contributed by atoms with van der Waals surface area (Å²) < 4.78 is 26.7. The normalized spacial score (nSPS) is 14.8. The molecule has 0 aliphatic carbocycles. The number of ether oxygens (including phenoxy) is 1. The van der Waals surface area contributed by atoms with Crippen molar-refractivity contribution in [3.05, 3.63) is 177 Å². The van der Waals surface area contributed by atoms with E-state index in [0.717, 1.165) is 19.6 Å². The number of benzene rings is 5. The lowest BCUT2D eigenvalue weighted by atomic mass is 10.1. The van der Waals surface area contributed by atoms with Crippen LogP contribution in [0.3, 0.4) is 0 Å². The highest BCUT2D eigenvalue weighted by Gasteiger charge is 2.45. The van der Waals surface area contributed by atoms with Crippen molar-refractivity contribution in [1.29, 1.82) is 10.5 Å². The van der Waals surface area contributed by atoms with E-state index in [9.17, 15) is 57.8 Å². The Bertz CT molecular complexity index is 3610. The van der Waals surface area contributed by atoms with E-state index in [1.54, 1.807) is 116 Å². The number of rotatable bonds is 25. The van der Waals surface area contributed by atoms with Gasteiger partial charge in [0.1, 0.15) is 6.10 Å². The van der Waals surface area contributed by atoms with Crippen molar-refractivity contribution in [2.24, 2.45) is 11.5 Å². The molecule has 0 fully saturated rings. The van der Waals surface area contributed by atoms with Gasteiger partial charge in [-0.3, -0.25) is 67.5 Å². The molecule has 101 heavy (non-hydrogen) atoms. The number of nitrogens with two attached hydrogens (primary N) is 2. The predicted octanol–water partition coefficient (Wildman–Crippen LogP) is 8.38. The first-order valence-electron chi connectivity index (χ1n) is 32.3. The monoisotopic (exact) mass is 1450 g/mol. The van der Waals surface area contributed by atoms with Gasteiger partial charge in [-0.2, -0.15) is 15.4 Å². The van der Waals surface area contributed by atoms with Crippen LogP contribution in [0.25, 0.3) is 0 Å². The number of carbonyl (C=O) groups excluding carboxylic acids is 11. The molecular weight excluding hydrogens is 1360 g/mol. The van der Waals surface area contributed by atoms with Gasteiger partial charge in [0.15, 0.2) is 0 Å². The van der Waals surface area contributed by atoms with Crippen molar-refractivity contribution in [2.45, 2.75) is 118 Å². The minimum Gasteiger partial charge on any atom is -0.449 e. The number of hydrogen-bond donors (Lipinski definition) is 4. The first kappa shape index (κ1) is 81.0. The molecule has 5 aliphatic rings. The molecule has 5 aliphatic heterocycles. The number of aliphatic hydroxyl groups excluding tert-OH is 2. The summed E-state index contributed by atoms with van der Waals surface area (Å²) in [6.07, 6.45) is -3.07. The van der Waals surface area contributed by atoms with Crippen LogP contribution in [0.2, 0.25) is 0 Å². The highest BCUT2D eigenvalue weighted by molar-refractivity contribution is 7.78. The number of nitrogens with zero attached hydrogens (tertiary/aromatic N) is 9. The summed E-state index contributed by atoms with van der Waals surface area (Å²) in [5.41, 5.74) is 12.7. The van der Waals surface area contributed by atoms with Crippen LogP contribution in [0.15, 0.2) is 121 Å². The molecule has 11 amide bonds. The van der Waals surface area contributed by atoms with Gasteiger partial charge in [0.05, 0.1) is 139 Å². The minimum atomic E-state index is -1.78. The zero-order chi connectivity index (χ0) is 74.5. The van der Waals surface area contributed by atoms with Crippen molar-refractivity contribution in [2.75, 3.05) is 59.1 Å². The van der Waals surface area contributed by atoms with Crippen LogP contribution < -0.4 is 11.5 Å². The SMILES string of the molecule is CC(C)N(C(C)C)P(Cl)OCCC#N.CC(C)N(C(C)C)P(OCCC#N)OC(CN1C(=O)c2ccccc2C1=O)CN1C(=O)c2ccccc2C1=O.CCOC(=O)N1C(=O)c2ccccc2C1=O.NCC(O)CN.O=C1c2ccccc2C(=O)N1CC(O)CN1C(=O)c2ccccc2C1=O. The number of amides is 11. The molecule has 2 unspecified atom stereocenters. The minimum absolute atomic E-state index is 0.00235. The van der Waals surface area contributed by atoms with E-state index in [-0.39, 0.29) is 104 Å². The van der Waals surface area contributed by atoms with Crippen molar-refractivity contribution in [1.82, 2.24) is 33.8 Å². The smallest absolute Gasteiger partial charge is 0.424 e. The van der Waals surface area contributed by atoms with Crippen molar-refractivity contribution in [3.63, 3.8) is 0 Å². The highest BCUT2D eigenvalue weighted by Crippen LogP contribution is 2.50. The van der Waals surface area contributed by atoms with Crippen molar-refractivity contribution < 1.29 is 81.3 Å². The Morgan fingerprint density at radius 3 is 0.970 bits per heavy atom. The van der Waals surface area contributed by atoms with Gasteiger partial charge in [-0.1, -0.05) is 60.7 Å². The molecule has 0 bridgehead atoms. The van der Waals surface area contributed by atoms with Crippen molar-refractivity contribution >= 4 is 92.6 Å². The van der Waals surface area contributed by atoms with Gasteiger partial charge in [0.25, 0.3) is 67.6 Å². The Morgan fingerprint density at radius 2 is 0.723 bits per heavy atom. The molecule has 0 saturated carbocycles. The second kappa shape index (κ2) is 38.2. The third-order valence-corrected chi connectivity index (χ3v) is 20.1.